The summed E-state index contributed by atoms with van der Waals surface area (Å²) in [6.45, 7) is 0. The van der Waals surface area contributed by atoms with E-state index in [9.17, 15) is 0 Å². The van der Waals surface area contributed by atoms with Gasteiger partial charge in [0.1, 0.15) is 0 Å². The minimum absolute atomic E-state index is 0.523. The van der Waals surface area contributed by atoms with Gasteiger partial charge in [-0.15, -0.1) is 0 Å². The summed E-state index contributed by atoms with van der Waals surface area (Å²) in [4.78, 5) is 5.17. The first kappa shape index (κ1) is 29.2. The van der Waals surface area contributed by atoms with E-state index < -0.39 is 5.41 Å². The van der Waals surface area contributed by atoms with E-state index in [4.69, 9.17) is 14.5 Å². The van der Waals surface area contributed by atoms with Gasteiger partial charge in [-0.25, -0.2) is 4.98 Å². The fourth-order valence-corrected chi connectivity index (χ4v) is 7.96. The number of hydrogen-bond donors (Lipinski definition) is 0. The second kappa shape index (κ2) is 11.7. The third kappa shape index (κ3) is 4.63. The molecule has 0 amide bonds. The van der Waals surface area contributed by atoms with Crippen molar-refractivity contribution in [3.8, 4) is 67.8 Å². The van der Waals surface area contributed by atoms with E-state index >= 15 is 0 Å². The van der Waals surface area contributed by atoms with Crippen molar-refractivity contribution in [3.05, 3.63) is 210 Å². The van der Waals surface area contributed by atoms with Crippen LogP contribution in [0.2, 0.25) is 0 Å². The van der Waals surface area contributed by atoms with Crippen LogP contribution in [0.25, 0.3) is 44.8 Å². The van der Waals surface area contributed by atoms with Crippen molar-refractivity contribution in [1.82, 2.24) is 4.98 Å². The summed E-state index contributed by atoms with van der Waals surface area (Å²) in [5, 5.41) is 0. The fourth-order valence-electron chi connectivity index (χ4n) is 7.96. The van der Waals surface area contributed by atoms with Crippen LogP contribution < -0.4 is 9.47 Å². The molecule has 1 aliphatic carbocycles. The van der Waals surface area contributed by atoms with Gasteiger partial charge in [-0.1, -0.05) is 152 Å². The number of rotatable bonds is 5. The molecule has 0 saturated carbocycles. The van der Waals surface area contributed by atoms with Crippen LogP contribution in [0.1, 0.15) is 22.3 Å². The number of aromatic nitrogens is 1. The second-order valence-corrected chi connectivity index (χ2v) is 13.1. The molecule has 1 aliphatic heterocycles. The van der Waals surface area contributed by atoms with E-state index in [2.05, 4.69) is 158 Å². The van der Waals surface area contributed by atoms with Gasteiger partial charge in [-0.3, -0.25) is 0 Å². The zero-order valence-electron chi connectivity index (χ0n) is 27.7. The summed E-state index contributed by atoms with van der Waals surface area (Å²) in [5.74, 6) is 2.78. The smallest absolute Gasteiger partial charge is 0.178 e. The molecule has 8 aromatic rings. The second-order valence-electron chi connectivity index (χ2n) is 13.1. The van der Waals surface area contributed by atoms with Gasteiger partial charge in [0, 0.05) is 16.7 Å². The Bertz CT molecular complexity index is 2470. The minimum atomic E-state index is -0.523. The van der Waals surface area contributed by atoms with Gasteiger partial charge < -0.3 is 9.47 Å². The Kier molecular flexibility index (Phi) is 6.71. The zero-order valence-corrected chi connectivity index (χ0v) is 27.7. The predicted octanol–water partition coefficient (Wildman–Crippen LogP) is 12.3. The van der Waals surface area contributed by atoms with Crippen LogP contribution in [0, 0.1) is 0 Å². The number of ether oxygens (including phenoxy) is 2. The van der Waals surface area contributed by atoms with Gasteiger partial charge in [-0.2, -0.15) is 0 Å². The van der Waals surface area contributed by atoms with E-state index in [1.54, 1.807) is 0 Å². The molecular formula is C48H31NO2. The first-order valence-electron chi connectivity index (χ1n) is 17.3. The van der Waals surface area contributed by atoms with Crippen LogP contribution in [-0.4, -0.2) is 4.98 Å². The molecule has 1 aromatic heterocycles. The molecule has 0 unspecified atom stereocenters. The van der Waals surface area contributed by atoms with Crippen molar-refractivity contribution in [2.45, 2.75) is 5.41 Å². The number of benzene rings is 7. The molecule has 51 heavy (non-hydrogen) atoms. The molecule has 10 rings (SSSR count). The van der Waals surface area contributed by atoms with Gasteiger partial charge in [0.2, 0.25) is 0 Å². The third-order valence-corrected chi connectivity index (χ3v) is 10.2. The number of pyridine rings is 1. The lowest BCUT2D eigenvalue weighted by atomic mass is 9.68. The molecule has 0 bridgehead atoms. The molecule has 0 N–H and O–H groups in total. The van der Waals surface area contributed by atoms with Crippen molar-refractivity contribution < 1.29 is 9.47 Å². The fraction of sp³-hybridized carbons (Fsp3) is 0.0208. The largest absolute Gasteiger partial charge is 0.449 e. The summed E-state index contributed by atoms with van der Waals surface area (Å²) in [6, 6.07) is 65.8. The van der Waals surface area contributed by atoms with Crippen LogP contribution in [0.3, 0.4) is 0 Å². The van der Waals surface area contributed by atoms with Crippen LogP contribution >= 0.6 is 0 Å². The van der Waals surface area contributed by atoms with Gasteiger partial charge in [0.05, 0.1) is 16.8 Å². The Hall–Kier alpha value is -6.71. The van der Waals surface area contributed by atoms with Crippen molar-refractivity contribution in [2.24, 2.45) is 0 Å². The van der Waals surface area contributed by atoms with Gasteiger partial charge >= 0.3 is 0 Å². The molecule has 0 fully saturated rings. The molecule has 2 heterocycles. The molecule has 3 heteroatoms. The predicted molar refractivity (Wildman–Crippen MR) is 204 cm³/mol. The Labute approximate surface area is 297 Å². The highest BCUT2D eigenvalue weighted by Crippen LogP contribution is 2.62. The number of fused-ring (bicyclic) bond motifs is 6. The first-order valence-corrected chi connectivity index (χ1v) is 17.3. The maximum Gasteiger partial charge on any atom is 0.178 e. The molecule has 0 spiro atoms. The first-order chi connectivity index (χ1) is 25.3. The SMILES string of the molecule is c1ccc(-c2cc(-c3ccccc3)nc(-c3ccc4c(c3)Oc3c(ccc5c3-c3ccccc3C5(c3ccccc3)c3ccccc3)O4)c2)cc1. The highest BCUT2D eigenvalue weighted by Gasteiger charge is 2.48. The summed E-state index contributed by atoms with van der Waals surface area (Å²) in [7, 11) is 0. The Morgan fingerprint density at radius 1 is 0.373 bits per heavy atom. The van der Waals surface area contributed by atoms with Gasteiger partial charge in [-0.05, 0) is 75.3 Å². The Morgan fingerprint density at radius 3 is 1.63 bits per heavy atom. The maximum atomic E-state index is 6.98. The third-order valence-electron chi connectivity index (χ3n) is 10.2. The van der Waals surface area contributed by atoms with E-state index in [0.717, 1.165) is 50.5 Å². The number of nitrogens with zero attached hydrogens (tertiary/aromatic N) is 1. The Morgan fingerprint density at radius 2 is 0.941 bits per heavy atom. The molecule has 7 aromatic carbocycles. The zero-order chi connectivity index (χ0) is 33.8. The average molecular weight is 654 g/mol. The van der Waals surface area contributed by atoms with E-state index in [0.29, 0.717) is 17.2 Å². The topological polar surface area (TPSA) is 31.4 Å². The lowest BCUT2D eigenvalue weighted by Gasteiger charge is -2.34. The van der Waals surface area contributed by atoms with Crippen LogP contribution in [0.15, 0.2) is 188 Å². The molecule has 240 valence electrons. The normalized spacial score (nSPS) is 13.2. The van der Waals surface area contributed by atoms with Crippen LogP contribution in [0.5, 0.6) is 23.0 Å². The van der Waals surface area contributed by atoms with Crippen molar-refractivity contribution >= 4 is 0 Å². The van der Waals surface area contributed by atoms with Crippen molar-refractivity contribution in [2.75, 3.05) is 0 Å². The van der Waals surface area contributed by atoms with E-state index in [1.807, 2.05) is 30.3 Å². The van der Waals surface area contributed by atoms with Crippen LogP contribution in [0.4, 0.5) is 0 Å². The van der Waals surface area contributed by atoms with Crippen molar-refractivity contribution in [1.29, 1.82) is 0 Å². The molecule has 0 atom stereocenters. The maximum absolute atomic E-state index is 6.98. The molecule has 3 nitrogen and oxygen atoms in total. The van der Waals surface area contributed by atoms with Gasteiger partial charge in [0.15, 0.2) is 23.0 Å². The molecule has 0 saturated heterocycles. The lowest BCUT2D eigenvalue weighted by molar-refractivity contribution is 0.360. The highest BCUT2D eigenvalue weighted by atomic mass is 16.6. The lowest BCUT2D eigenvalue weighted by Crippen LogP contribution is -2.28. The van der Waals surface area contributed by atoms with E-state index in [1.165, 1.54) is 22.3 Å². The number of hydrogen-bond acceptors (Lipinski definition) is 3. The van der Waals surface area contributed by atoms with Crippen LogP contribution in [-0.2, 0) is 5.41 Å². The van der Waals surface area contributed by atoms with E-state index in [-0.39, 0.29) is 0 Å². The molecule has 2 aliphatic rings. The molecule has 0 radical (unpaired) electrons. The molecular weight excluding hydrogens is 623 g/mol. The summed E-state index contributed by atoms with van der Waals surface area (Å²) in [5.41, 5.74) is 12.5. The van der Waals surface area contributed by atoms with Crippen molar-refractivity contribution in [3.63, 3.8) is 0 Å². The Balaban J connectivity index is 1.14. The highest BCUT2D eigenvalue weighted by molar-refractivity contribution is 5.92. The standard InChI is InChI=1S/C48H31NO2/c1-5-15-32(16-6-1)35-29-41(33-17-7-2-8-18-33)49-42(30-35)34-25-27-43-45(31-34)51-47-44(50-43)28-26-40-46(47)38-23-13-14-24-39(38)48(40,36-19-9-3-10-20-36)37-21-11-4-12-22-37/h1-31H. The monoisotopic (exact) mass is 653 g/mol. The summed E-state index contributed by atoms with van der Waals surface area (Å²) in [6.07, 6.45) is 0. The average Bonchev–Trinajstić information content (AvgIpc) is 3.52. The summed E-state index contributed by atoms with van der Waals surface area (Å²) < 4.78 is 13.6. The van der Waals surface area contributed by atoms with Gasteiger partial charge in [0.25, 0.3) is 0 Å². The quantitative estimate of drug-likeness (QED) is 0.185. The minimum Gasteiger partial charge on any atom is -0.449 e. The summed E-state index contributed by atoms with van der Waals surface area (Å²) >= 11 is 0.